The third kappa shape index (κ3) is 4.46. The van der Waals surface area contributed by atoms with Crippen LogP contribution in [0.5, 0.6) is 0 Å². The van der Waals surface area contributed by atoms with Gasteiger partial charge in [-0.15, -0.1) is 0 Å². The standard InChI is InChI=1S/C15H24ClN5OSi/c1-10-14(18)11(7-13(16)20-10)15-12(17)8-19-21(15)9-22-5-6-23(2,3)4/h7-8H,5-6,9,17-18H2,1-4H3. The average Bonchev–Trinajstić information content (AvgIpc) is 2.79. The molecule has 126 valence electrons. The zero-order valence-corrected chi connectivity index (χ0v) is 15.8. The summed E-state index contributed by atoms with van der Waals surface area (Å²) in [5, 5.41) is 4.66. The van der Waals surface area contributed by atoms with Crippen LogP contribution in [-0.2, 0) is 11.5 Å². The first-order valence-corrected chi connectivity index (χ1v) is 11.6. The molecule has 0 bridgehead atoms. The van der Waals surface area contributed by atoms with Crippen LogP contribution in [0.3, 0.4) is 0 Å². The summed E-state index contributed by atoms with van der Waals surface area (Å²) >= 11 is 6.06. The highest BCUT2D eigenvalue weighted by molar-refractivity contribution is 6.76. The highest BCUT2D eigenvalue weighted by atomic mass is 35.5. The molecule has 0 aliphatic carbocycles. The lowest BCUT2D eigenvalue weighted by molar-refractivity contribution is 0.0798. The minimum atomic E-state index is -1.12. The second-order valence-electron chi connectivity index (χ2n) is 6.79. The Morgan fingerprint density at radius 1 is 1.30 bits per heavy atom. The molecule has 2 rings (SSSR count). The maximum atomic E-state index is 6.14. The summed E-state index contributed by atoms with van der Waals surface area (Å²) in [5.74, 6) is 0. The summed E-state index contributed by atoms with van der Waals surface area (Å²) in [4.78, 5) is 4.15. The summed E-state index contributed by atoms with van der Waals surface area (Å²) in [6, 6.07) is 2.80. The van der Waals surface area contributed by atoms with Crippen molar-refractivity contribution in [2.45, 2.75) is 39.3 Å². The molecule has 0 aromatic carbocycles. The van der Waals surface area contributed by atoms with Gasteiger partial charge >= 0.3 is 0 Å². The van der Waals surface area contributed by atoms with E-state index in [-0.39, 0.29) is 0 Å². The maximum Gasteiger partial charge on any atom is 0.140 e. The van der Waals surface area contributed by atoms with Gasteiger partial charge in [-0.05, 0) is 19.0 Å². The number of anilines is 2. The van der Waals surface area contributed by atoms with Crippen LogP contribution in [0.15, 0.2) is 12.3 Å². The van der Waals surface area contributed by atoms with Gasteiger partial charge in [0.25, 0.3) is 0 Å². The van der Waals surface area contributed by atoms with Crippen LogP contribution in [0.1, 0.15) is 5.69 Å². The number of hydrogen-bond donors (Lipinski definition) is 2. The van der Waals surface area contributed by atoms with Gasteiger partial charge in [0, 0.05) is 20.2 Å². The lowest BCUT2D eigenvalue weighted by atomic mass is 10.1. The molecule has 2 aromatic rings. The normalized spacial score (nSPS) is 11.9. The lowest BCUT2D eigenvalue weighted by Gasteiger charge is -2.16. The Morgan fingerprint density at radius 2 is 2.00 bits per heavy atom. The zero-order valence-electron chi connectivity index (χ0n) is 14.1. The topological polar surface area (TPSA) is 92.0 Å². The van der Waals surface area contributed by atoms with Crippen molar-refractivity contribution in [3.05, 3.63) is 23.1 Å². The second-order valence-corrected chi connectivity index (χ2v) is 12.8. The number of halogens is 1. The summed E-state index contributed by atoms with van der Waals surface area (Å²) in [6.45, 7) is 9.80. The monoisotopic (exact) mass is 353 g/mol. The molecular weight excluding hydrogens is 330 g/mol. The quantitative estimate of drug-likeness (QED) is 0.471. The number of hydrogen-bond acceptors (Lipinski definition) is 5. The Morgan fingerprint density at radius 3 is 2.65 bits per heavy atom. The van der Waals surface area contributed by atoms with Crippen LogP contribution in [0, 0.1) is 6.92 Å². The molecule has 2 heterocycles. The van der Waals surface area contributed by atoms with Crippen molar-refractivity contribution >= 4 is 31.0 Å². The van der Waals surface area contributed by atoms with Gasteiger partial charge in [-0.3, -0.25) is 0 Å². The van der Waals surface area contributed by atoms with Crippen LogP contribution in [0.25, 0.3) is 11.3 Å². The fraction of sp³-hybridized carbons (Fsp3) is 0.467. The molecule has 0 unspecified atom stereocenters. The fourth-order valence-corrected chi connectivity index (χ4v) is 3.15. The van der Waals surface area contributed by atoms with Crippen LogP contribution in [-0.4, -0.2) is 29.4 Å². The summed E-state index contributed by atoms with van der Waals surface area (Å²) < 4.78 is 7.47. The second kappa shape index (κ2) is 6.90. The van der Waals surface area contributed by atoms with Gasteiger partial charge in [-0.2, -0.15) is 5.10 Å². The van der Waals surface area contributed by atoms with Crippen LogP contribution >= 0.6 is 11.6 Å². The number of aromatic nitrogens is 3. The van der Waals surface area contributed by atoms with Crippen molar-refractivity contribution in [3.8, 4) is 11.3 Å². The van der Waals surface area contributed by atoms with Gasteiger partial charge in [-0.25, -0.2) is 9.67 Å². The predicted octanol–water partition coefficient (Wildman–Crippen LogP) is 3.38. The van der Waals surface area contributed by atoms with Gasteiger partial charge in [-0.1, -0.05) is 31.2 Å². The van der Waals surface area contributed by atoms with E-state index in [0.29, 0.717) is 41.3 Å². The van der Waals surface area contributed by atoms with E-state index >= 15 is 0 Å². The zero-order chi connectivity index (χ0) is 17.2. The van der Waals surface area contributed by atoms with Crippen molar-refractivity contribution in [1.82, 2.24) is 14.8 Å². The van der Waals surface area contributed by atoms with Gasteiger partial charge in [0.1, 0.15) is 11.9 Å². The van der Waals surface area contributed by atoms with Crippen LogP contribution < -0.4 is 11.5 Å². The molecule has 0 atom stereocenters. The van der Waals surface area contributed by atoms with E-state index in [9.17, 15) is 0 Å². The highest BCUT2D eigenvalue weighted by Crippen LogP contribution is 2.33. The molecule has 0 aliphatic heterocycles. The Bertz CT molecular complexity index is 696. The third-order valence-corrected chi connectivity index (χ3v) is 5.45. The number of pyridine rings is 1. The molecule has 0 saturated heterocycles. The molecular formula is C15H24ClN5OSi. The molecule has 8 heteroatoms. The minimum absolute atomic E-state index is 0.329. The van der Waals surface area contributed by atoms with Crippen molar-refractivity contribution < 1.29 is 4.74 Å². The predicted molar refractivity (Wildman–Crippen MR) is 98.1 cm³/mol. The van der Waals surface area contributed by atoms with Gasteiger partial charge in [0.05, 0.1) is 29.0 Å². The molecule has 23 heavy (non-hydrogen) atoms. The SMILES string of the molecule is Cc1nc(Cl)cc(-c2c(N)cnn2COCC[Si](C)(C)C)c1N. The number of ether oxygens (including phenoxy) is 1. The van der Waals surface area contributed by atoms with Gasteiger partial charge in [0.15, 0.2) is 0 Å². The van der Waals surface area contributed by atoms with Crippen molar-refractivity contribution in [1.29, 1.82) is 0 Å². The highest BCUT2D eigenvalue weighted by Gasteiger charge is 2.17. The Labute approximate surface area is 142 Å². The number of nitrogens with zero attached hydrogens (tertiary/aromatic N) is 3. The Kier molecular flexibility index (Phi) is 5.33. The molecule has 0 fully saturated rings. The molecule has 0 spiro atoms. The van der Waals surface area contributed by atoms with E-state index < -0.39 is 8.07 Å². The van der Waals surface area contributed by atoms with E-state index in [2.05, 4.69) is 29.7 Å². The Balaban J connectivity index is 2.23. The average molecular weight is 354 g/mol. The number of aryl methyl sites for hydroxylation is 1. The fourth-order valence-electron chi connectivity index (χ4n) is 2.16. The largest absolute Gasteiger partial charge is 0.397 e. The van der Waals surface area contributed by atoms with Crippen molar-refractivity contribution in [2.24, 2.45) is 0 Å². The number of nitrogen functional groups attached to an aromatic ring is 2. The number of nitrogens with two attached hydrogens (primary N) is 2. The first-order chi connectivity index (χ1) is 10.7. The van der Waals surface area contributed by atoms with E-state index in [0.717, 1.165) is 11.6 Å². The van der Waals surface area contributed by atoms with Crippen LogP contribution in [0.4, 0.5) is 11.4 Å². The molecule has 2 aromatic heterocycles. The molecule has 0 saturated carbocycles. The van der Waals surface area contributed by atoms with Crippen molar-refractivity contribution in [3.63, 3.8) is 0 Å². The summed E-state index contributed by atoms with van der Waals surface area (Å²) in [7, 11) is -1.12. The third-order valence-electron chi connectivity index (χ3n) is 3.55. The van der Waals surface area contributed by atoms with E-state index in [4.69, 9.17) is 27.8 Å². The van der Waals surface area contributed by atoms with E-state index in [1.54, 1.807) is 16.9 Å². The summed E-state index contributed by atoms with van der Waals surface area (Å²) in [5.41, 5.74) is 15.4. The van der Waals surface area contributed by atoms with Crippen molar-refractivity contribution in [2.75, 3.05) is 18.1 Å². The summed E-state index contributed by atoms with van der Waals surface area (Å²) in [6.07, 6.45) is 1.60. The number of rotatable bonds is 6. The lowest BCUT2D eigenvalue weighted by Crippen LogP contribution is -2.22. The molecule has 4 N–H and O–H groups in total. The van der Waals surface area contributed by atoms with Gasteiger partial charge < -0.3 is 16.2 Å². The molecule has 0 aliphatic rings. The van der Waals surface area contributed by atoms with Crippen LogP contribution in [0.2, 0.25) is 30.8 Å². The van der Waals surface area contributed by atoms with Gasteiger partial charge in [0.2, 0.25) is 0 Å². The first-order valence-electron chi connectivity index (χ1n) is 7.51. The van der Waals surface area contributed by atoms with E-state index in [1.165, 1.54) is 0 Å². The first kappa shape index (κ1) is 17.8. The smallest absolute Gasteiger partial charge is 0.140 e. The maximum absolute atomic E-state index is 6.14. The minimum Gasteiger partial charge on any atom is -0.397 e. The molecule has 0 amide bonds. The molecule has 0 radical (unpaired) electrons. The Hall–Kier alpha value is -1.57. The molecule has 6 nitrogen and oxygen atoms in total. The van der Waals surface area contributed by atoms with E-state index in [1.807, 2.05) is 6.92 Å².